The van der Waals surface area contributed by atoms with Gasteiger partial charge >= 0.3 is 0 Å². The minimum absolute atomic E-state index is 0.806. The molecule has 0 radical (unpaired) electrons. The van der Waals surface area contributed by atoms with Crippen molar-refractivity contribution in [1.82, 2.24) is 0 Å². The van der Waals surface area contributed by atoms with Crippen LogP contribution in [-0.2, 0) is 13.0 Å². The maximum absolute atomic E-state index is 5.80. The summed E-state index contributed by atoms with van der Waals surface area (Å²) >= 11 is 1.81. The Balaban J connectivity index is 2.09. The van der Waals surface area contributed by atoms with E-state index in [9.17, 15) is 0 Å². The van der Waals surface area contributed by atoms with E-state index in [-0.39, 0.29) is 0 Å². The van der Waals surface area contributed by atoms with Gasteiger partial charge in [-0.25, -0.2) is 0 Å². The quantitative estimate of drug-likeness (QED) is 0.805. The standard InChI is InChI=1S/C14H18N2S/c1-3-11-6-7-17-14(11)9-16-13-8-12(15)5-4-10(13)2/h4-8,16H,3,9,15H2,1-2H3. The number of benzene rings is 1. The predicted molar refractivity (Wildman–Crippen MR) is 76.6 cm³/mol. The minimum atomic E-state index is 0.806. The molecule has 3 heteroatoms. The molecule has 2 nitrogen and oxygen atoms in total. The molecule has 0 amide bonds. The Bertz CT molecular complexity index is 503. The van der Waals surface area contributed by atoms with Gasteiger partial charge in [0.1, 0.15) is 0 Å². The molecule has 90 valence electrons. The average Bonchev–Trinajstić information content (AvgIpc) is 2.77. The van der Waals surface area contributed by atoms with Gasteiger partial charge in [-0.1, -0.05) is 13.0 Å². The number of nitrogens with one attached hydrogen (secondary N) is 1. The first-order chi connectivity index (χ1) is 8.20. The van der Waals surface area contributed by atoms with Crippen molar-refractivity contribution in [2.24, 2.45) is 0 Å². The summed E-state index contributed by atoms with van der Waals surface area (Å²) in [6, 6.07) is 8.18. The van der Waals surface area contributed by atoms with Crippen molar-refractivity contribution in [3.8, 4) is 0 Å². The van der Waals surface area contributed by atoms with Gasteiger partial charge < -0.3 is 11.1 Å². The van der Waals surface area contributed by atoms with Crippen molar-refractivity contribution in [1.29, 1.82) is 0 Å². The monoisotopic (exact) mass is 246 g/mol. The summed E-state index contributed by atoms with van der Waals surface area (Å²) in [6.07, 6.45) is 1.09. The number of thiophene rings is 1. The lowest BCUT2D eigenvalue weighted by Crippen LogP contribution is -2.02. The lowest BCUT2D eigenvalue weighted by molar-refractivity contribution is 1.08. The van der Waals surface area contributed by atoms with E-state index < -0.39 is 0 Å². The fourth-order valence-electron chi connectivity index (χ4n) is 1.84. The van der Waals surface area contributed by atoms with E-state index in [4.69, 9.17) is 5.73 Å². The van der Waals surface area contributed by atoms with Crippen molar-refractivity contribution in [2.75, 3.05) is 11.1 Å². The van der Waals surface area contributed by atoms with Gasteiger partial charge in [-0.15, -0.1) is 11.3 Å². The Morgan fingerprint density at radius 2 is 2.12 bits per heavy atom. The van der Waals surface area contributed by atoms with E-state index >= 15 is 0 Å². The normalized spacial score (nSPS) is 10.5. The Hall–Kier alpha value is -1.48. The van der Waals surface area contributed by atoms with Gasteiger partial charge in [-0.3, -0.25) is 0 Å². The highest BCUT2D eigenvalue weighted by Gasteiger charge is 2.03. The maximum Gasteiger partial charge on any atom is 0.0497 e. The Kier molecular flexibility index (Phi) is 3.69. The first-order valence-electron chi connectivity index (χ1n) is 5.86. The molecule has 1 aromatic carbocycles. The van der Waals surface area contributed by atoms with Gasteiger partial charge in [0, 0.05) is 22.8 Å². The molecule has 3 N–H and O–H groups in total. The number of anilines is 2. The summed E-state index contributed by atoms with van der Waals surface area (Å²) in [5, 5.41) is 5.62. The molecule has 0 saturated heterocycles. The van der Waals surface area contributed by atoms with Crippen LogP contribution in [0.4, 0.5) is 11.4 Å². The first-order valence-corrected chi connectivity index (χ1v) is 6.74. The summed E-state index contributed by atoms with van der Waals surface area (Å²) in [6.45, 7) is 5.17. The van der Waals surface area contributed by atoms with Crippen LogP contribution in [-0.4, -0.2) is 0 Å². The van der Waals surface area contributed by atoms with Crippen LogP contribution in [0, 0.1) is 6.92 Å². The fourth-order valence-corrected chi connectivity index (χ4v) is 2.76. The number of nitrogen functional groups attached to an aromatic ring is 1. The third-order valence-corrected chi connectivity index (χ3v) is 3.88. The van der Waals surface area contributed by atoms with Gasteiger partial charge in [0.15, 0.2) is 0 Å². The maximum atomic E-state index is 5.80. The van der Waals surface area contributed by atoms with E-state index in [1.807, 2.05) is 29.5 Å². The SMILES string of the molecule is CCc1ccsc1CNc1cc(N)ccc1C. The average molecular weight is 246 g/mol. The third-order valence-electron chi connectivity index (χ3n) is 2.92. The lowest BCUT2D eigenvalue weighted by atomic mass is 10.1. The molecule has 0 unspecified atom stereocenters. The zero-order valence-corrected chi connectivity index (χ0v) is 11.1. The molecule has 1 aromatic heterocycles. The molecule has 1 heterocycles. The molecule has 0 fully saturated rings. The smallest absolute Gasteiger partial charge is 0.0497 e. The van der Waals surface area contributed by atoms with Crippen LogP contribution < -0.4 is 11.1 Å². The third kappa shape index (κ3) is 2.80. The zero-order valence-electron chi connectivity index (χ0n) is 10.3. The molecule has 0 bridgehead atoms. The van der Waals surface area contributed by atoms with Gasteiger partial charge in [-0.05, 0) is 48.1 Å². The van der Waals surface area contributed by atoms with Crippen LogP contribution in [0.3, 0.4) is 0 Å². The second-order valence-corrected chi connectivity index (χ2v) is 5.15. The molecule has 2 rings (SSSR count). The van der Waals surface area contributed by atoms with Crippen molar-refractivity contribution in [3.63, 3.8) is 0 Å². The number of rotatable bonds is 4. The van der Waals surface area contributed by atoms with E-state index in [0.717, 1.165) is 24.3 Å². The summed E-state index contributed by atoms with van der Waals surface area (Å²) in [5.74, 6) is 0. The summed E-state index contributed by atoms with van der Waals surface area (Å²) in [7, 11) is 0. The molecule has 0 atom stereocenters. The summed E-state index contributed by atoms with van der Waals surface area (Å²) in [4.78, 5) is 1.41. The Morgan fingerprint density at radius 3 is 2.88 bits per heavy atom. The van der Waals surface area contributed by atoms with Gasteiger partial charge in [0.2, 0.25) is 0 Å². The summed E-state index contributed by atoms with van der Waals surface area (Å²) < 4.78 is 0. The molecular weight excluding hydrogens is 228 g/mol. The molecule has 0 spiro atoms. The second-order valence-electron chi connectivity index (χ2n) is 4.15. The van der Waals surface area contributed by atoms with Gasteiger partial charge in [0.05, 0.1) is 0 Å². The number of nitrogens with two attached hydrogens (primary N) is 1. The second kappa shape index (κ2) is 5.23. The van der Waals surface area contributed by atoms with Crippen LogP contribution in [0.15, 0.2) is 29.6 Å². The van der Waals surface area contributed by atoms with Crippen LogP contribution in [0.25, 0.3) is 0 Å². The van der Waals surface area contributed by atoms with Crippen molar-refractivity contribution < 1.29 is 0 Å². The molecule has 0 saturated carbocycles. The number of aryl methyl sites for hydroxylation is 2. The lowest BCUT2D eigenvalue weighted by Gasteiger charge is -2.10. The summed E-state index contributed by atoms with van der Waals surface area (Å²) in [5.41, 5.74) is 10.4. The molecule has 0 aliphatic rings. The van der Waals surface area contributed by atoms with Gasteiger partial charge in [0.25, 0.3) is 0 Å². The van der Waals surface area contributed by atoms with Crippen LogP contribution in [0.5, 0.6) is 0 Å². The fraction of sp³-hybridized carbons (Fsp3) is 0.286. The number of hydrogen-bond acceptors (Lipinski definition) is 3. The molecule has 2 aromatic rings. The van der Waals surface area contributed by atoms with Crippen LogP contribution in [0.2, 0.25) is 0 Å². The van der Waals surface area contributed by atoms with Crippen molar-refractivity contribution >= 4 is 22.7 Å². The molecule has 0 aliphatic carbocycles. The highest BCUT2D eigenvalue weighted by molar-refractivity contribution is 7.10. The van der Waals surface area contributed by atoms with Crippen LogP contribution in [0.1, 0.15) is 22.9 Å². The zero-order chi connectivity index (χ0) is 12.3. The van der Waals surface area contributed by atoms with Crippen molar-refractivity contribution in [2.45, 2.75) is 26.8 Å². The van der Waals surface area contributed by atoms with E-state index in [0.29, 0.717) is 0 Å². The highest BCUT2D eigenvalue weighted by atomic mass is 32.1. The van der Waals surface area contributed by atoms with Gasteiger partial charge in [-0.2, -0.15) is 0 Å². The molecule has 0 aliphatic heterocycles. The van der Waals surface area contributed by atoms with E-state index in [2.05, 4.69) is 30.6 Å². The molecule has 17 heavy (non-hydrogen) atoms. The largest absolute Gasteiger partial charge is 0.399 e. The van der Waals surface area contributed by atoms with E-state index in [1.165, 1.54) is 16.0 Å². The number of hydrogen-bond donors (Lipinski definition) is 2. The first kappa shape index (κ1) is 12.0. The highest BCUT2D eigenvalue weighted by Crippen LogP contribution is 2.22. The van der Waals surface area contributed by atoms with Crippen LogP contribution >= 0.6 is 11.3 Å². The Morgan fingerprint density at radius 1 is 1.29 bits per heavy atom. The Labute approximate surface area is 106 Å². The molecular formula is C14H18N2S. The topological polar surface area (TPSA) is 38.0 Å². The predicted octanol–water partition coefficient (Wildman–Crippen LogP) is 3.81. The van der Waals surface area contributed by atoms with E-state index in [1.54, 1.807) is 0 Å². The minimum Gasteiger partial charge on any atom is -0.399 e. The van der Waals surface area contributed by atoms with Crippen molar-refractivity contribution in [3.05, 3.63) is 45.6 Å².